The molecule has 94 valence electrons. The summed E-state index contributed by atoms with van der Waals surface area (Å²) in [7, 11) is 2.09. The molecule has 1 aromatic heterocycles. The molecule has 1 saturated heterocycles. The van der Waals surface area contributed by atoms with Crippen LogP contribution in [0.4, 0.5) is 0 Å². The highest BCUT2D eigenvalue weighted by atomic mass is 35.5. The van der Waals surface area contributed by atoms with E-state index in [1.54, 1.807) is 6.07 Å². The summed E-state index contributed by atoms with van der Waals surface area (Å²) in [4.78, 5) is 16.4. The first-order valence-corrected chi connectivity index (χ1v) is 6.12. The second-order valence-electron chi connectivity index (χ2n) is 4.68. The quantitative estimate of drug-likeness (QED) is 0.772. The van der Waals surface area contributed by atoms with Crippen LogP contribution in [0.2, 0.25) is 5.22 Å². The summed E-state index contributed by atoms with van der Waals surface area (Å²) in [5.74, 6) is -0.0458. The van der Waals surface area contributed by atoms with Gasteiger partial charge in [-0.25, -0.2) is 0 Å². The van der Waals surface area contributed by atoms with Crippen molar-refractivity contribution in [2.75, 3.05) is 20.1 Å². The molecule has 0 bridgehead atoms. The van der Waals surface area contributed by atoms with E-state index in [1.807, 2.05) is 4.90 Å². The Morgan fingerprint density at radius 1 is 1.41 bits per heavy atom. The molecule has 1 amide bonds. The third kappa shape index (κ3) is 2.33. The molecule has 0 aliphatic carbocycles. The van der Waals surface area contributed by atoms with Crippen LogP contribution in [0.1, 0.15) is 24.2 Å². The lowest BCUT2D eigenvalue weighted by Gasteiger charge is -2.42. The molecule has 17 heavy (non-hydrogen) atoms. The van der Waals surface area contributed by atoms with Gasteiger partial charge in [-0.05, 0) is 38.6 Å². The Morgan fingerprint density at radius 2 is 2.00 bits per heavy atom. The Bertz CT molecular complexity index is 406. The lowest BCUT2D eigenvalue weighted by molar-refractivity contribution is 0.0414. The van der Waals surface area contributed by atoms with E-state index in [4.69, 9.17) is 16.0 Å². The first kappa shape index (κ1) is 12.5. The Hall–Kier alpha value is -1.00. The SMILES string of the molecule is CC1CN(C(=O)c2ccoc2Cl)CC(C)N1C. The predicted octanol–water partition coefficient (Wildman–Crippen LogP) is 2.10. The van der Waals surface area contributed by atoms with Gasteiger partial charge in [-0.1, -0.05) is 0 Å². The van der Waals surface area contributed by atoms with Gasteiger partial charge in [0.1, 0.15) is 0 Å². The number of halogens is 1. The molecule has 2 rings (SSSR count). The fourth-order valence-electron chi connectivity index (χ4n) is 2.19. The molecule has 0 aromatic carbocycles. The Kier molecular flexibility index (Phi) is 3.45. The smallest absolute Gasteiger partial charge is 0.258 e. The maximum absolute atomic E-state index is 12.2. The van der Waals surface area contributed by atoms with Crippen LogP contribution in [0.25, 0.3) is 0 Å². The molecule has 5 heteroatoms. The standard InChI is InChI=1S/C12H17ClN2O2/c1-8-6-15(7-9(2)14(8)3)12(16)10-4-5-17-11(10)13/h4-5,8-9H,6-7H2,1-3H3. The number of carbonyl (C=O) groups excluding carboxylic acids is 1. The molecule has 1 fully saturated rings. The van der Waals surface area contributed by atoms with Crippen LogP contribution < -0.4 is 0 Å². The maximum atomic E-state index is 12.2. The van der Waals surface area contributed by atoms with Gasteiger partial charge in [-0.15, -0.1) is 0 Å². The molecule has 2 unspecified atom stereocenters. The summed E-state index contributed by atoms with van der Waals surface area (Å²) >= 11 is 5.83. The van der Waals surface area contributed by atoms with Gasteiger partial charge in [-0.3, -0.25) is 9.69 Å². The molecule has 0 N–H and O–H groups in total. The molecule has 0 spiro atoms. The maximum Gasteiger partial charge on any atom is 0.258 e. The van der Waals surface area contributed by atoms with Crippen molar-refractivity contribution in [2.24, 2.45) is 0 Å². The monoisotopic (exact) mass is 256 g/mol. The number of piperazine rings is 1. The van der Waals surface area contributed by atoms with E-state index in [9.17, 15) is 4.79 Å². The van der Waals surface area contributed by atoms with Crippen molar-refractivity contribution in [3.05, 3.63) is 23.1 Å². The Labute approximate surface area is 106 Å². The average molecular weight is 257 g/mol. The summed E-state index contributed by atoms with van der Waals surface area (Å²) < 4.78 is 4.96. The highest BCUT2D eigenvalue weighted by Gasteiger charge is 2.31. The second-order valence-corrected chi connectivity index (χ2v) is 5.02. The van der Waals surface area contributed by atoms with Crippen LogP contribution in [0.3, 0.4) is 0 Å². The van der Waals surface area contributed by atoms with Crippen molar-refractivity contribution in [3.8, 4) is 0 Å². The number of rotatable bonds is 1. The number of carbonyl (C=O) groups is 1. The number of nitrogens with zero attached hydrogens (tertiary/aromatic N) is 2. The summed E-state index contributed by atoms with van der Waals surface area (Å²) in [6.45, 7) is 5.68. The Morgan fingerprint density at radius 3 is 2.47 bits per heavy atom. The number of hydrogen-bond donors (Lipinski definition) is 0. The average Bonchev–Trinajstić information content (AvgIpc) is 2.70. The van der Waals surface area contributed by atoms with E-state index in [0.717, 1.165) is 13.1 Å². The van der Waals surface area contributed by atoms with Crippen LogP contribution in [0, 0.1) is 0 Å². The van der Waals surface area contributed by atoms with Crippen LogP contribution in [0.5, 0.6) is 0 Å². The summed E-state index contributed by atoms with van der Waals surface area (Å²) in [5.41, 5.74) is 0.454. The first-order valence-electron chi connectivity index (χ1n) is 5.75. The lowest BCUT2D eigenvalue weighted by atomic mass is 10.1. The van der Waals surface area contributed by atoms with Gasteiger partial charge in [0, 0.05) is 25.2 Å². The molecule has 2 atom stereocenters. The van der Waals surface area contributed by atoms with Crippen LogP contribution in [0.15, 0.2) is 16.7 Å². The normalized spacial score (nSPS) is 26.2. The van der Waals surface area contributed by atoms with Gasteiger partial charge in [0.05, 0.1) is 11.8 Å². The molecule has 1 aliphatic heterocycles. The first-order chi connectivity index (χ1) is 8.00. The Balaban J connectivity index is 2.14. The van der Waals surface area contributed by atoms with E-state index in [2.05, 4.69) is 25.8 Å². The predicted molar refractivity (Wildman–Crippen MR) is 66.3 cm³/mol. The molecule has 1 aromatic rings. The molecular weight excluding hydrogens is 240 g/mol. The summed E-state index contributed by atoms with van der Waals surface area (Å²) in [6, 6.07) is 2.33. The summed E-state index contributed by atoms with van der Waals surface area (Å²) in [5, 5.41) is 0.175. The lowest BCUT2D eigenvalue weighted by Crippen LogP contribution is -2.56. The molecule has 4 nitrogen and oxygen atoms in total. The van der Waals surface area contributed by atoms with Gasteiger partial charge in [0.2, 0.25) is 5.22 Å². The third-order valence-electron chi connectivity index (χ3n) is 3.50. The fraction of sp³-hybridized carbons (Fsp3) is 0.583. The van der Waals surface area contributed by atoms with Crippen molar-refractivity contribution in [1.82, 2.24) is 9.80 Å². The zero-order chi connectivity index (χ0) is 12.6. The zero-order valence-corrected chi connectivity index (χ0v) is 11.1. The highest BCUT2D eigenvalue weighted by molar-refractivity contribution is 6.32. The van der Waals surface area contributed by atoms with Crippen molar-refractivity contribution in [3.63, 3.8) is 0 Å². The van der Waals surface area contributed by atoms with E-state index in [-0.39, 0.29) is 11.1 Å². The van der Waals surface area contributed by atoms with E-state index >= 15 is 0 Å². The summed E-state index contributed by atoms with van der Waals surface area (Å²) in [6.07, 6.45) is 1.44. The van der Waals surface area contributed by atoms with Crippen LogP contribution in [-0.4, -0.2) is 47.9 Å². The molecule has 0 saturated carbocycles. The van der Waals surface area contributed by atoms with Gasteiger partial charge < -0.3 is 9.32 Å². The molecular formula is C12H17ClN2O2. The number of amides is 1. The molecule has 1 aliphatic rings. The van der Waals surface area contributed by atoms with Crippen molar-refractivity contribution in [2.45, 2.75) is 25.9 Å². The van der Waals surface area contributed by atoms with E-state index in [1.165, 1.54) is 6.26 Å². The topological polar surface area (TPSA) is 36.7 Å². The minimum absolute atomic E-state index is 0.0458. The molecule has 2 heterocycles. The van der Waals surface area contributed by atoms with Crippen molar-refractivity contribution < 1.29 is 9.21 Å². The van der Waals surface area contributed by atoms with Gasteiger partial charge in [-0.2, -0.15) is 0 Å². The van der Waals surface area contributed by atoms with E-state index < -0.39 is 0 Å². The van der Waals surface area contributed by atoms with Crippen LogP contribution in [-0.2, 0) is 0 Å². The van der Waals surface area contributed by atoms with Crippen molar-refractivity contribution in [1.29, 1.82) is 0 Å². The number of furan rings is 1. The van der Waals surface area contributed by atoms with Gasteiger partial charge in [0.15, 0.2) is 0 Å². The number of likely N-dealkylation sites (N-methyl/N-ethyl adjacent to an activating group) is 1. The van der Waals surface area contributed by atoms with Gasteiger partial charge >= 0.3 is 0 Å². The van der Waals surface area contributed by atoms with Crippen molar-refractivity contribution >= 4 is 17.5 Å². The third-order valence-corrected chi connectivity index (χ3v) is 3.79. The van der Waals surface area contributed by atoms with E-state index in [0.29, 0.717) is 17.6 Å². The zero-order valence-electron chi connectivity index (χ0n) is 10.3. The fourth-order valence-corrected chi connectivity index (χ4v) is 2.38. The highest BCUT2D eigenvalue weighted by Crippen LogP contribution is 2.21. The second kappa shape index (κ2) is 4.70. The minimum Gasteiger partial charge on any atom is -0.452 e. The van der Waals surface area contributed by atoms with Crippen LogP contribution >= 0.6 is 11.6 Å². The number of hydrogen-bond acceptors (Lipinski definition) is 3. The van der Waals surface area contributed by atoms with Gasteiger partial charge in [0.25, 0.3) is 5.91 Å². The minimum atomic E-state index is -0.0458. The largest absolute Gasteiger partial charge is 0.452 e. The molecule has 0 radical (unpaired) electrons.